The molecular weight excluding hydrogens is 368 g/mol. The molecule has 2 aromatic carbocycles. The van der Waals surface area contributed by atoms with Crippen molar-refractivity contribution in [2.75, 3.05) is 26.2 Å². The average molecular weight is 391 g/mol. The van der Waals surface area contributed by atoms with Gasteiger partial charge in [0.2, 0.25) is 10.0 Å². The van der Waals surface area contributed by atoms with E-state index in [1.54, 1.807) is 28.6 Å². The Kier molecular flexibility index (Phi) is 4.82. The second-order valence-electron chi connectivity index (χ2n) is 7.14. The zero-order valence-electron chi connectivity index (χ0n) is 14.8. The van der Waals surface area contributed by atoms with Crippen molar-refractivity contribution in [3.8, 4) is 0 Å². The van der Waals surface area contributed by atoms with E-state index < -0.39 is 10.0 Å². The van der Waals surface area contributed by atoms with Crippen molar-refractivity contribution in [1.82, 2.24) is 9.21 Å². The molecule has 2 aliphatic rings. The number of hydrogen-bond acceptors (Lipinski definition) is 3. The number of fused-ring (bicyclic) bond motifs is 1. The Hall–Kier alpha value is -1.40. The highest BCUT2D eigenvalue weighted by atomic mass is 35.5. The topological polar surface area (TPSA) is 40.6 Å². The molecule has 6 heteroatoms. The lowest BCUT2D eigenvalue weighted by Crippen LogP contribution is -2.35. The third-order valence-corrected chi connectivity index (χ3v) is 8.06. The highest BCUT2D eigenvalue weighted by molar-refractivity contribution is 7.89. The molecule has 3 atom stereocenters. The molecule has 0 amide bonds. The molecule has 0 N–H and O–H groups in total. The monoisotopic (exact) mass is 390 g/mol. The largest absolute Gasteiger partial charge is 0.303 e. The number of likely N-dealkylation sites (tertiary alicyclic amines) is 1. The van der Waals surface area contributed by atoms with Crippen LogP contribution in [0.2, 0.25) is 5.02 Å². The van der Waals surface area contributed by atoms with Crippen LogP contribution in [0.4, 0.5) is 0 Å². The first kappa shape index (κ1) is 18.0. The van der Waals surface area contributed by atoms with Crippen LogP contribution in [0.1, 0.15) is 18.5 Å². The molecule has 0 aromatic heterocycles. The molecule has 138 valence electrons. The van der Waals surface area contributed by atoms with Gasteiger partial charge in [0.25, 0.3) is 0 Å². The molecule has 2 heterocycles. The Labute approximate surface area is 160 Å². The van der Waals surface area contributed by atoms with Gasteiger partial charge in [-0.05, 0) is 36.1 Å². The summed E-state index contributed by atoms with van der Waals surface area (Å²) < 4.78 is 28.6. The molecule has 0 spiro atoms. The Morgan fingerprint density at radius 1 is 1.00 bits per heavy atom. The van der Waals surface area contributed by atoms with E-state index in [9.17, 15) is 8.42 Å². The van der Waals surface area contributed by atoms with Crippen LogP contribution in [0, 0.1) is 11.8 Å². The van der Waals surface area contributed by atoms with Gasteiger partial charge >= 0.3 is 0 Å². The van der Waals surface area contributed by atoms with Gasteiger partial charge in [-0.1, -0.05) is 61.0 Å². The molecule has 26 heavy (non-hydrogen) atoms. The van der Waals surface area contributed by atoms with Crippen molar-refractivity contribution in [2.24, 2.45) is 11.8 Å². The molecule has 0 aliphatic carbocycles. The molecule has 2 fully saturated rings. The Bertz CT molecular complexity index is 888. The van der Waals surface area contributed by atoms with Gasteiger partial charge in [-0.25, -0.2) is 8.42 Å². The predicted molar refractivity (Wildman–Crippen MR) is 104 cm³/mol. The second kappa shape index (κ2) is 6.97. The summed E-state index contributed by atoms with van der Waals surface area (Å²) in [5, 5.41) is 0.284. The second-order valence-corrected chi connectivity index (χ2v) is 9.40. The van der Waals surface area contributed by atoms with Crippen molar-refractivity contribution in [2.45, 2.75) is 17.9 Å². The highest BCUT2D eigenvalue weighted by Crippen LogP contribution is 2.47. The summed E-state index contributed by atoms with van der Waals surface area (Å²) in [7, 11) is -3.65. The SMILES string of the molecule is CCN1C[C@H]2CN(S(=O)(=O)c3ccccc3Cl)[C@H](c3ccccc3)[C@H]2C1. The lowest BCUT2D eigenvalue weighted by Gasteiger charge is -2.29. The molecule has 4 rings (SSSR count). The van der Waals surface area contributed by atoms with Gasteiger partial charge in [0, 0.05) is 19.6 Å². The number of halogens is 1. The lowest BCUT2D eigenvalue weighted by atomic mass is 9.90. The molecule has 4 nitrogen and oxygen atoms in total. The fourth-order valence-electron chi connectivity index (χ4n) is 4.45. The van der Waals surface area contributed by atoms with E-state index >= 15 is 0 Å². The van der Waals surface area contributed by atoms with Crippen LogP contribution < -0.4 is 0 Å². The Balaban J connectivity index is 1.77. The maximum atomic E-state index is 13.4. The van der Waals surface area contributed by atoms with E-state index in [-0.39, 0.29) is 16.0 Å². The van der Waals surface area contributed by atoms with Crippen LogP contribution in [0.3, 0.4) is 0 Å². The molecule has 0 saturated carbocycles. The van der Waals surface area contributed by atoms with Gasteiger partial charge in [-0.2, -0.15) is 4.31 Å². The van der Waals surface area contributed by atoms with E-state index in [1.165, 1.54) is 0 Å². The number of rotatable bonds is 4. The minimum atomic E-state index is -3.65. The zero-order chi connectivity index (χ0) is 18.3. The first-order valence-electron chi connectivity index (χ1n) is 9.06. The summed E-state index contributed by atoms with van der Waals surface area (Å²) in [4.78, 5) is 2.62. The lowest BCUT2D eigenvalue weighted by molar-refractivity contribution is 0.274. The molecule has 0 radical (unpaired) electrons. The quantitative estimate of drug-likeness (QED) is 0.800. The summed E-state index contributed by atoms with van der Waals surface area (Å²) in [6.07, 6.45) is 0. The summed E-state index contributed by atoms with van der Waals surface area (Å²) in [5.41, 5.74) is 1.06. The van der Waals surface area contributed by atoms with Crippen LogP contribution in [0.5, 0.6) is 0 Å². The minimum Gasteiger partial charge on any atom is -0.303 e. The number of benzene rings is 2. The molecule has 2 saturated heterocycles. The summed E-state index contributed by atoms with van der Waals surface area (Å²) in [6, 6.07) is 16.6. The summed E-state index contributed by atoms with van der Waals surface area (Å²) >= 11 is 6.23. The fraction of sp³-hybridized carbons (Fsp3) is 0.400. The third-order valence-electron chi connectivity index (χ3n) is 5.71. The molecule has 0 unspecified atom stereocenters. The van der Waals surface area contributed by atoms with Gasteiger partial charge in [0.05, 0.1) is 11.1 Å². The normalized spacial score (nSPS) is 26.9. The van der Waals surface area contributed by atoms with Gasteiger partial charge in [-0.15, -0.1) is 0 Å². The summed E-state index contributed by atoms with van der Waals surface area (Å²) in [5.74, 6) is 0.673. The van der Waals surface area contributed by atoms with Crippen LogP contribution in [-0.2, 0) is 10.0 Å². The van der Waals surface area contributed by atoms with Crippen molar-refractivity contribution >= 4 is 21.6 Å². The predicted octanol–water partition coefficient (Wildman–Crippen LogP) is 3.65. The van der Waals surface area contributed by atoms with Crippen LogP contribution >= 0.6 is 11.6 Å². The number of hydrogen-bond donors (Lipinski definition) is 0. The van der Waals surface area contributed by atoms with Crippen LogP contribution in [0.15, 0.2) is 59.5 Å². The molecule has 2 aromatic rings. The average Bonchev–Trinajstić information content (AvgIpc) is 3.20. The van der Waals surface area contributed by atoms with Crippen molar-refractivity contribution in [1.29, 1.82) is 0 Å². The Morgan fingerprint density at radius 3 is 2.38 bits per heavy atom. The van der Waals surface area contributed by atoms with Gasteiger partial charge < -0.3 is 4.90 Å². The van der Waals surface area contributed by atoms with Gasteiger partial charge in [-0.3, -0.25) is 0 Å². The van der Waals surface area contributed by atoms with Crippen molar-refractivity contribution < 1.29 is 8.42 Å². The van der Waals surface area contributed by atoms with Gasteiger partial charge in [0.1, 0.15) is 4.90 Å². The van der Waals surface area contributed by atoms with E-state index in [0.29, 0.717) is 18.4 Å². The van der Waals surface area contributed by atoms with Gasteiger partial charge in [0.15, 0.2) is 0 Å². The van der Waals surface area contributed by atoms with E-state index in [1.807, 2.05) is 30.3 Å². The highest BCUT2D eigenvalue weighted by Gasteiger charge is 2.51. The first-order chi connectivity index (χ1) is 12.5. The standard InChI is InChI=1S/C20H23ClN2O2S/c1-2-22-12-16-13-23(26(24,25)19-11-7-6-10-18(19)21)20(17(16)14-22)15-8-4-3-5-9-15/h3-11,16-17,20H,2,12-14H2,1H3/t16-,17-,20+/m0/s1. The zero-order valence-corrected chi connectivity index (χ0v) is 16.3. The number of sulfonamides is 1. The van der Waals surface area contributed by atoms with Crippen molar-refractivity contribution in [3.05, 3.63) is 65.2 Å². The maximum absolute atomic E-state index is 13.4. The molecular formula is C20H23ClN2O2S. The van der Waals surface area contributed by atoms with Crippen LogP contribution in [-0.4, -0.2) is 43.8 Å². The smallest absolute Gasteiger partial charge is 0.245 e. The molecule has 0 bridgehead atoms. The molecule has 2 aliphatic heterocycles. The van der Waals surface area contributed by atoms with E-state index in [0.717, 1.165) is 25.2 Å². The van der Waals surface area contributed by atoms with Crippen LogP contribution in [0.25, 0.3) is 0 Å². The third kappa shape index (κ3) is 2.97. The van der Waals surface area contributed by atoms with E-state index in [4.69, 9.17) is 11.6 Å². The first-order valence-corrected chi connectivity index (χ1v) is 10.9. The maximum Gasteiger partial charge on any atom is 0.245 e. The summed E-state index contributed by atoms with van der Waals surface area (Å²) in [6.45, 7) is 5.62. The Morgan fingerprint density at radius 2 is 1.69 bits per heavy atom. The van der Waals surface area contributed by atoms with Crippen molar-refractivity contribution in [3.63, 3.8) is 0 Å². The van der Waals surface area contributed by atoms with E-state index in [2.05, 4.69) is 11.8 Å². The minimum absolute atomic E-state index is 0.140. The fourth-order valence-corrected chi connectivity index (χ4v) is 6.66. The number of nitrogens with zero attached hydrogens (tertiary/aromatic N) is 2.